The number of ether oxygens (including phenoxy) is 1. The van der Waals surface area contributed by atoms with Crippen LogP contribution in [0.4, 0.5) is 0 Å². The van der Waals surface area contributed by atoms with Gasteiger partial charge in [0.2, 0.25) is 0 Å². The van der Waals surface area contributed by atoms with E-state index >= 15 is 0 Å². The van der Waals surface area contributed by atoms with Gasteiger partial charge in [0, 0.05) is 18.6 Å². The Morgan fingerprint density at radius 1 is 1.60 bits per heavy atom. The fraction of sp³-hybridized carbons (Fsp3) is 0.111. The van der Waals surface area contributed by atoms with Crippen LogP contribution < -0.4 is 0 Å². The van der Waals surface area contributed by atoms with Gasteiger partial charge in [-0.05, 0) is 22.0 Å². The molecular formula is C9H8BrClN2O2. The van der Waals surface area contributed by atoms with Crippen LogP contribution in [-0.4, -0.2) is 22.5 Å². The normalized spacial score (nSPS) is 9.73. The first-order chi connectivity index (χ1) is 6.72. The maximum absolute atomic E-state index is 11.3. The summed E-state index contributed by atoms with van der Waals surface area (Å²) in [7, 11) is 1.36. The predicted molar refractivity (Wildman–Crippen MR) is 61.5 cm³/mol. The van der Waals surface area contributed by atoms with Gasteiger partial charge in [0.05, 0.1) is 17.1 Å². The van der Waals surface area contributed by atoms with Gasteiger partial charge in [0.1, 0.15) is 0 Å². The van der Waals surface area contributed by atoms with Gasteiger partial charge in [-0.1, -0.05) is 0 Å². The Labute approximate surface area is 101 Å². The highest BCUT2D eigenvalue weighted by molar-refractivity contribution is 9.10. The Morgan fingerprint density at radius 3 is 3.00 bits per heavy atom. The third-order valence-corrected chi connectivity index (χ3v) is 2.45. The number of hydrogen-bond acceptors (Lipinski definition) is 3. The maximum atomic E-state index is 11.3. The number of carbonyl (C=O) groups excluding carboxylic acids is 1. The summed E-state index contributed by atoms with van der Waals surface area (Å²) >= 11 is 3.33. The summed E-state index contributed by atoms with van der Waals surface area (Å²) in [5, 5.41) is 0. The van der Waals surface area contributed by atoms with E-state index in [0.29, 0.717) is 5.56 Å². The number of rotatable bonds is 1. The molecular weight excluding hydrogens is 283 g/mol. The molecule has 80 valence electrons. The lowest BCUT2D eigenvalue weighted by Crippen LogP contribution is -2.03. The maximum Gasteiger partial charge on any atom is 0.339 e. The molecule has 2 heterocycles. The van der Waals surface area contributed by atoms with E-state index in [1.165, 1.54) is 7.11 Å². The summed E-state index contributed by atoms with van der Waals surface area (Å²) in [5.41, 5.74) is 1.27. The second-order valence-electron chi connectivity index (χ2n) is 2.73. The highest BCUT2D eigenvalue weighted by atomic mass is 79.9. The molecule has 4 nitrogen and oxygen atoms in total. The summed E-state index contributed by atoms with van der Waals surface area (Å²) < 4.78 is 7.15. The zero-order chi connectivity index (χ0) is 10.1. The highest BCUT2D eigenvalue weighted by Gasteiger charge is 2.09. The van der Waals surface area contributed by atoms with Crippen LogP contribution >= 0.6 is 28.3 Å². The van der Waals surface area contributed by atoms with Crippen LogP contribution in [-0.2, 0) is 4.74 Å². The van der Waals surface area contributed by atoms with Crippen LogP contribution in [0.25, 0.3) is 5.65 Å². The molecule has 6 heteroatoms. The van der Waals surface area contributed by atoms with Gasteiger partial charge in [-0.3, -0.25) is 0 Å². The SMILES string of the molecule is COC(=O)c1cc(Br)c2nccn2c1.Cl. The molecule has 15 heavy (non-hydrogen) atoms. The molecule has 0 saturated carbocycles. The molecule has 2 rings (SSSR count). The van der Waals surface area contributed by atoms with E-state index in [-0.39, 0.29) is 18.4 Å². The minimum atomic E-state index is -0.360. The lowest BCUT2D eigenvalue weighted by molar-refractivity contribution is 0.0600. The molecule has 0 atom stereocenters. The van der Waals surface area contributed by atoms with Crippen LogP contribution in [0.2, 0.25) is 0 Å². The van der Waals surface area contributed by atoms with E-state index in [0.717, 1.165) is 10.1 Å². The highest BCUT2D eigenvalue weighted by Crippen LogP contribution is 2.18. The van der Waals surface area contributed by atoms with Gasteiger partial charge in [-0.25, -0.2) is 9.78 Å². The smallest absolute Gasteiger partial charge is 0.339 e. The van der Waals surface area contributed by atoms with Crippen molar-refractivity contribution in [3.05, 3.63) is 34.7 Å². The van der Waals surface area contributed by atoms with Crippen LogP contribution in [0.3, 0.4) is 0 Å². The molecule has 0 aliphatic rings. The topological polar surface area (TPSA) is 43.6 Å². The Bertz CT molecular complexity index is 498. The average Bonchev–Trinajstić information content (AvgIpc) is 2.64. The zero-order valence-corrected chi connectivity index (χ0v) is 10.2. The summed E-state index contributed by atoms with van der Waals surface area (Å²) in [4.78, 5) is 15.4. The van der Waals surface area contributed by atoms with Crippen molar-refractivity contribution in [1.29, 1.82) is 0 Å². The average molecular weight is 292 g/mol. The minimum absolute atomic E-state index is 0. The van der Waals surface area contributed by atoms with Crippen molar-refractivity contribution in [3.63, 3.8) is 0 Å². The third-order valence-electron chi connectivity index (χ3n) is 1.86. The van der Waals surface area contributed by atoms with Gasteiger partial charge in [-0.15, -0.1) is 12.4 Å². The predicted octanol–water partition coefficient (Wildman–Crippen LogP) is 2.31. The van der Waals surface area contributed by atoms with E-state index in [2.05, 4.69) is 25.7 Å². The number of carbonyl (C=O) groups is 1. The molecule has 2 aromatic rings. The minimum Gasteiger partial charge on any atom is -0.465 e. The molecule has 0 spiro atoms. The Balaban J connectivity index is 0.00000112. The van der Waals surface area contributed by atoms with E-state index in [1.54, 1.807) is 29.1 Å². The molecule has 0 amide bonds. The lowest BCUT2D eigenvalue weighted by atomic mass is 10.3. The van der Waals surface area contributed by atoms with E-state index in [4.69, 9.17) is 0 Å². The van der Waals surface area contributed by atoms with Crippen LogP contribution in [0.1, 0.15) is 10.4 Å². The lowest BCUT2D eigenvalue weighted by Gasteiger charge is -2.01. The van der Waals surface area contributed by atoms with E-state index < -0.39 is 0 Å². The van der Waals surface area contributed by atoms with Crippen LogP contribution in [0, 0.1) is 0 Å². The summed E-state index contributed by atoms with van der Waals surface area (Å²) in [6.07, 6.45) is 5.12. The Morgan fingerprint density at radius 2 is 2.33 bits per heavy atom. The number of aromatic nitrogens is 2. The van der Waals surface area contributed by atoms with Crippen molar-refractivity contribution in [2.75, 3.05) is 7.11 Å². The van der Waals surface area contributed by atoms with Crippen LogP contribution in [0.5, 0.6) is 0 Å². The quantitative estimate of drug-likeness (QED) is 0.757. The van der Waals surface area contributed by atoms with Crippen molar-refractivity contribution in [3.8, 4) is 0 Å². The molecule has 0 unspecified atom stereocenters. The number of pyridine rings is 1. The standard InChI is InChI=1S/C9H7BrN2O2.ClH/c1-14-9(13)6-4-7(10)8-11-2-3-12(8)5-6;/h2-5H,1H3;1H. The molecule has 0 fully saturated rings. The molecule has 0 bridgehead atoms. The van der Waals surface area contributed by atoms with Crippen molar-refractivity contribution in [1.82, 2.24) is 9.38 Å². The van der Waals surface area contributed by atoms with Crippen molar-refractivity contribution < 1.29 is 9.53 Å². The van der Waals surface area contributed by atoms with Gasteiger partial charge in [-0.2, -0.15) is 0 Å². The molecule has 0 aromatic carbocycles. The monoisotopic (exact) mass is 290 g/mol. The zero-order valence-electron chi connectivity index (χ0n) is 7.81. The molecule has 0 radical (unpaired) electrons. The van der Waals surface area contributed by atoms with E-state index in [9.17, 15) is 4.79 Å². The van der Waals surface area contributed by atoms with Crippen molar-refractivity contribution in [2.45, 2.75) is 0 Å². The Hall–Kier alpha value is -1.07. The second kappa shape index (κ2) is 4.63. The summed E-state index contributed by atoms with van der Waals surface area (Å²) in [6, 6.07) is 1.69. The fourth-order valence-electron chi connectivity index (χ4n) is 1.22. The number of halogens is 2. The van der Waals surface area contributed by atoms with Gasteiger partial charge >= 0.3 is 5.97 Å². The third kappa shape index (κ3) is 2.13. The first-order valence-corrected chi connectivity index (χ1v) is 4.72. The molecule has 2 aromatic heterocycles. The van der Waals surface area contributed by atoms with Gasteiger partial charge in [0.15, 0.2) is 5.65 Å². The molecule has 0 saturated heterocycles. The molecule has 0 N–H and O–H groups in total. The van der Waals surface area contributed by atoms with Crippen molar-refractivity contribution in [2.24, 2.45) is 0 Å². The number of hydrogen-bond donors (Lipinski definition) is 0. The largest absolute Gasteiger partial charge is 0.465 e. The van der Waals surface area contributed by atoms with Gasteiger partial charge in [0.25, 0.3) is 0 Å². The molecule has 0 aliphatic carbocycles. The van der Waals surface area contributed by atoms with Crippen molar-refractivity contribution >= 4 is 40.0 Å². The number of methoxy groups -OCH3 is 1. The first-order valence-electron chi connectivity index (χ1n) is 3.93. The van der Waals surface area contributed by atoms with Crippen LogP contribution in [0.15, 0.2) is 29.1 Å². The van der Waals surface area contributed by atoms with Gasteiger partial charge < -0.3 is 9.14 Å². The number of esters is 1. The summed E-state index contributed by atoms with van der Waals surface area (Å²) in [6.45, 7) is 0. The molecule has 0 aliphatic heterocycles. The Kier molecular flexibility index (Phi) is 3.71. The number of imidazole rings is 1. The fourth-order valence-corrected chi connectivity index (χ4v) is 1.77. The summed E-state index contributed by atoms with van der Waals surface area (Å²) in [5.74, 6) is -0.360. The number of fused-ring (bicyclic) bond motifs is 1. The number of nitrogens with zero attached hydrogens (tertiary/aromatic N) is 2. The second-order valence-corrected chi connectivity index (χ2v) is 3.58. The van der Waals surface area contributed by atoms with E-state index in [1.807, 2.05) is 0 Å². The first kappa shape index (κ1) is 12.0.